The van der Waals surface area contributed by atoms with Crippen LogP contribution in [0, 0.1) is 11.8 Å². The summed E-state index contributed by atoms with van der Waals surface area (Å²) < 4.78 is 5.57. The van der Waals surface area contributed by atoms with Gasteiger partial charge in [-0.1, -0.05) is 35.4 Å². The van der Waals surface area contributed by atoms with Gasteiger partial charge in [-0.3, -0.25) is 4.99 Å². The first-order chi connectivity index (χ1) is 15.3. The summed E-state index contributed by atoms with van der Waals surface area (Å²) in [5.41, 5.74) is 4.03. The Morgan fingerprint density at radius 2 is 2.03 bits per heavy atom. The monoisotopic (exact) mass is 454 g/mol. The number of halogens is 1. The van der Waals surface area contributed by atoms with E-state index in [0.717, 1.165) is 42.4 Å². The Morgan fingerprint density at radius 1 is 1.28 bits per heavy atom. The van der Waals surface area contributed by atoms with Gasteiger partial charge in [-0.25, -0.2) is 4.79 Å². The number of fused-ring (bicyclic) bond motifs is 2. The van der Waals surface area contributed by atoms with Gasteiger partial charge < -0.3 is 14.4 Å². The van der Waals surface area contributed by atoms with Gasteiger partial charge in [0.05, 0.1) is 0 Å². The second-order valence-corrected chi connectivity index (χ2v) is 10.3. The zero-order valence-electron chi connectivity index (χ0n) is 19.0. The van der Waals surface area contributed by atoms with E-state index in [4.69, 9.17) is 21.3 Å². The van der Waals surface area contributed by atoms with Crippen molar-refractivity contribution in [2.75, 3.05) is 13.1 Å². The van der Waals surface area contributed by atoms with E-state index in [0.29, 0.717) is 30.5 Å². The highest BCUT2D eigenvalue weighted by molar-refractivity contribution is 6.30. The summed E-state index contributed by atoms with van der Waals surface area (Å²) in [6.07, 6.45) is 9.87. The van der Waals surface area contributed by atoms with E-state index in [2.05, 4.69) is 18.2 Å². The molecule has 0 spiro atoms. The molecule has 0 N–H and O–H groups in total. The SMILES string of the molecule is CC(C)(C)OC(=O)N1CCC(C2C3=NC=CCC3C(CC=O)=Cc3cc(Cl)ccc32)CC1. The van der Waals surface area contributed by atoms with E-state index in [1.54, 1.807) is 0 Å². The third kappa shape index (κ3) is 4.83. The first-order valence-electron chi connectivity index (χ1n) is 11.4. The van der Waals surface area contributed by atoms with Gasteiger partial charge in [0, 0.05) is 48.3 Å². The van der Waals surface area contributed by atoms with Crippen LogP contribution in [0.1, 0.15) is 63.5 Å². The second kappa shape index (κ2) is 9.22. The third-order valence-electron chi connectivity index (χ3n) is 6.53. The molecule has 1 aromatic rings. The molecule has 1 fully saturated rings. The quantitative estimate of drug-likeness (QED) is 0.524. The molecule has 2 aliphatic heterocycles. The van der Waals surface area contributed by atoms with Crippen molar-refractivity contribution in [1.29, 1.82) is 0 Å². The molecule has 2 atom stereocenters. The zero-order valence-corrected chi connectivity index (χ0v) is 19.8. The molecule has 0 aromatic heterocycles. The normalized spacial score (nSPS) is 23.4. The van der Waals surface area contributed by atoms with Crippen LogP contribution in [0.3, 0.4) is 0 Å². The summed E-state index contributed by atoms with van der Waals surface area (Å²) in [5.74, 6) is 0.619. The third-order valence-corrected chi connectivity index (χ3v) is 6.77. The molecule has 6 heteroatoms. The zero-order chi connectivity index (χ0) is 22.9. The topological polar surface area (TPSA) is 59.0 Å². The molecule has 1 aromatic carbocycles. The lowest BCUT2D eigenvalue weighted by Gasteiger charge is -2.39. The van der Waals surface area contributed by atoms with Crippen molar-refractivity contribution in [3.63, 3.8) is 0 Å². The van der Waals surface area contributed by atoms with Crippen molar-refractivity contribution < 1.29 is 14.3 Å². The molecule has 0 bridgehead atoms. The largest absolute Gasteiger partial charge is 0.444 e. The van der Waals surface area contributed by atoms with Gasteiger partial charge in [0.2, 0.25) is 0 Å². The summed E-state index contributed by atoms with van der Waals surface area (Å²) in [4.78, 5) is 30.7. The molecule has 1 amide bonds. The van der Waals surface area contributed by atoms with Crippen LogP contribution in [0.2, 0.25) is 5.02 Å². The Hall–Kier alpha value is -2.40. The molecule has 2 unspecified atom stereocenters. The van der Waals surface area contributed by atoms with Gasteiger partial charge in [-0.15, -0.1) is 0 Å². The average molecular weight is 455 g/mol. The molecule has 1 saturated heterocycles. The number of carbonyl (C=O) groups excluding carboxylic acids is 2. The molecule has 0 saturated carbocycles. The van der Waals surface area contributed by atoms with Gasteiger partial charge in [0.1, 0.15) is 11.9 Å². The molecule has 5 nitrogen and oxygen atoms in total. The highest BCUT2D eigenvalue weighted by Gasteiger charge is 2.39. The average Bonchev–Trinajstić information content (AvgIpc) is 2.87. The highest BCUT2D eigenvalue weighted by atomic mass is 35.5. The number of hydrogen-bond donors (Lipinski definition) is 0. The van der Waals surface area contributed by atoms with Crippen molar-refractivity contribution in [1.82, 2.24) is 4.90 Å². The first kappa shape index (κ1) is 22.8. The number of ether oxygens (including phenoxy) is 1. The Morgan fingerprint density at radius 3 is 2.72 bits per heavy atom. The number of aliphatic imine (C=N–C) groups is 1. The maximum Gasteiger partial charge on any atom is 0.410 e. The minimum absolute atomic E-state index is 0.130. The Balaban J connectivity index is 1.64. The summed E-state index contributed by atoms with van der Waals surface area (Å²) in [6.45, 7) is 7.01. The van der Waals surface area contributed by atoms with Crippen LogP contribution in [0.15, 0.2) is 41.0 Å². The van der Waals surface area contributed by atoms with Crippen molar-refractivity contribution in [3.8, 4) is 0 Å². The molecular weight excluding hydrogens is 424 g/mol. The number of likely N-dealkylation sites (tertiary alicyclic amines) is 1. The summed E-state index contributed by atoms with van der Waals surface area (Å²) in [6, 6.07) is 6.05. The lowest BCUT2D eigenvalue weighted by Crippen LogP contribution is -2.43. The van der Waals surface area contributed by atoms with Crippen LogP contribution in [0.5, 0.6) is 0 Å². The summed E-state index contributed by atoms with van der Waals surface area (Å²) in [5, 5.41) is 0.689. The Bertz CT molecular complexity index is 981. The van der Waals surface area contributed by atoms with E-state index in [1.165, 1.54) is 5.56 Å². The van der Waals surface area contributed by atoms with Gasteiger partial charge in [-0.2, -0.15) is 0 Å². The minimum atomic E-state index is -0.496. The lowest BCUT2D eigenvalue weighted by molar-refractivity contribution is -0.107. The Labute approximate surface area is 195 Å². The van der Waals surface area contributed by atoms with Crippen LogP contribution in [-0.2, 0) is 9.53 Å². The van der Waals surface area contributed by atoms with E-state index < -0.39 is 5.60 Å². The van der Waals surface area contributed by atoms with Crippen LogP contribution < -0.4 is 0 Å². The predicted molar refractivity (Wildman–Crippen MR) is 128 cm³/mol. The fraction of sp³-hybridized carbons (Fsp3) is 0.500. The number of hydrogen-bond acceptors (Lipinski definition) is 4. The number of allylic oxidation sites excluding steroid dienone is 2. The van der Waals surface area contributed by atoms with Gasteiger partial charge >= 0.3 is 6.09 Å². The molecular formula is C26H31ClN2O3. The molecule has 170 valence electrons. The fourth-order valence-corrected chi connectivity index (χ4v) is 5.31. The molecule has 1 aliphatic carbocycles. The van der Waals surface area contributed by atoms with E-state index in [9.17, 15) is 9.59 Å². The summed E-state index contributed by atoms with van der Waals surface area (Å²) >= 11 is 6.35. The minimum Gasteiger partial charge on any atom is -0.444 e. The first-order valence-corrected chi connectivity index (χ1v) is 11.8. The fourth-order valence-electron chi connectivity index (χ4n) is 5.13. The van der Waals surface area contributed by atoms with Crippen LogP contribution in [0.4, 0.5) is 4.79 Å². The molecule has 0 radical (unpaired) electrons. The predicted octanol–water partition coefficient (Wildman–Crippen LogP) is 6.03. The van der Waals surface area contributed by atoms with Gasteiger partial charge in [0.25, 0.3) is 0 Å². The maximum atomic E-state index is 12.5. The van der Waals surface area contributed by atoms with Crippen LogP contribution in [-0.4, -0.2) is 41.7 Å². The van der Waals surface area contributed by atoms with Crippen molar-refractivity contribution in [2.24, 2.45) is 16.8 Å². The maximum absolute atomic E-state index is 12.5. The molecule has 32 heavy (non-hydrogen) atoms. The van der Waals surface area contributed by atoms with Gasteiger partial charge in [-0.05, 0) is 69.2 Å². The Kier molecular flexibility index (Phi) is 6.57. The smallest absolute Gasteiger partial charge is 0.410 e. The van der Waals surface area contributed by atoms with E-state index in [1.807, 2.05) is 44.0 Å². The molecule has 3 aliphatic rings. The van der Waals surface area contributed by atoms with E-state index >= 15 is 0 Å². The van der Waals surface area contributed by atoms with Crippen LogP contribution in [0.25, 0.3) is 6.08 Å². The standard InChI is InChI=1S/C26H31ClN2O3/c1-26(2,3)32-25(31)29-12-8-17(9-13-29)23-21-7-6-20(27)16-19(21)15-18(10-14-30)22-5-4-11-28-24(22)23/h4,6-7,11,14-17,22-23H,5,8-10,12-13H2,1-3H3. The number of aldehydes is 1. The molecule has 2 heterocycles. The number of piperidine rings is 1. The summed E-state index contributed by atoms with van der Waals surface area (Å²) in [7, 11) is 0. The number of benzene rings is 1. The van der Waals surface area contributed by atoms with Crippen LogP contribution >= 0.6 is 11.6 Å². The lowest BCUT2D eigenvalue weighted by atomic mass is 9.72. The van der Waals surface area contributed by atoms with Gasteiger partial charge in [0.15, 0.2) is 0 Å². The second-order valence-electron chi connectivity index (χ2n) is 9.87. The van der Waals surface area contributed by atoms with Crippen molar-refractivity contribution >= 4 is 35.8 Å². The van der Waals surface area contributed by atoms with Crippen molar-refractivity contribution in [2.45, 2.75) is 58.0 Å². The van der Waals surface area contributed by atoms with Crippen molar-refractivity contribution in [3.05, 3.63) is 52.2 Å². The molecule has 4 rings (SSSR count). The number of carbonyl (C=O) groups is 2. The number of nitrogens with zero attached hydrogens (tertiary/aromatic N) is 2. The highest BCUT2D eigenvalue weighted by Crippen LogP contribution is 2.44. The number of rotatable bonds is 3. The van der Waals surface area contributed by atoms with E-state index in [-0.39, 0.29) is 17.9 Å². The number of amides is 1.